The van der Waals surface area contributed by atoms with Gasteiger partial charge >= 0.3 is 0 Å². The Bertz CT molecular complexity index is 277. The average Bonchev–Trinajstić information content (AvgIpc) is 2.19. The van der Waals surface area contributed by atoms with Crippen LogP contribution in [0.3, 0.4) is 0 Å². The summed E-state index contributed by atoms with van der Waals surface area (Å²) in [6.07, 6.45) is 7.49. The van der Waals surface area contributed by atoms with E-state index in [9.17, 15) is 0 Å². The van der Waals surface area contributed by atoms with Gasteiger partial charge in [0, 0.05) is 0 Å². The summed E-state index contributed by atoms with van der Waals surface area (Å²) in [5.41, 5.74) is 0. The van der Waals surface area contributed by atoms with Crippen LogP contribution in [0, 0.1) is 0 Å². The molecule has 0 N–H and O–H groups in total. The van der Waals surface area contributed by atoms with Crippen molar-refractivity contribution in [1.29, 1.82) is 0 Å². The van der Waals surface area contributed by atoms with E-state index in [-0.39, 0.29) is 0 Å². The average molecular weight is 192 g/mol. The Labute approximate surface area is 83.1 Å². The number of hydrogen-bond donors (Lipinski definition) is 0. The van der Waals surface area contributed by atoms with Crippen molar-refractivity contribution < 1.29 is 4.74 Å². The van der Waals surface area contributed by atoms with E-state index >= 15 is 0 Å². The van der Waals surface area contributed by atoms with E-state index in [1.54, 1.807) is 18.0 Å². The van der Waals surface area contributed by atoms with Crippen molar-refractivity contribution in [3.8, 4) is 5.75 Å². The summed E-state index contributed by atoms with van der Waals surface area (Å²) in [5.74, 6) is 0.858. The standard InChI is InChI=1S/C11H12OS/c1-13-10-6-5-9-12-11-7-3-2-4-8-11/h2-10H,1H3/b9-5+,10-6-. The third-order valence-electron chi connectivity index (χ3n) is 1.35. The van der Waals surface area contributed by atoms with Crippen molar-refractivity contribution in [3.63, 3.8) is 0 Å². The van der Waals surface area contributed by atoms with E-state index in [0.29, 0.717) is 0 Å². The quantitative estimate of drug-likeness (QED) is 0.533. The van der Waals surface area contributed by atoms with Gasteiger partial charge in [-0.25, -0.2) is 0 Å². The molecule has 0 atom stereocenters. The molecule has 0 bridgehead atoms. The van der Waals surface area contributed by atoms with Gasteiger partial charge < -0.3 is 4.74 Å². The van der Waals surface area contributed by atoms with Gasteiger partial charge in [-0.2, -0.15) is 0 Å². The first kappa shape index (κ1) is 9.93. The van der Waals surface area contributed by atoms with E-state index in [4.69, 9.17) is 4.74 Å². The van der Waals surface area contributed by atoms with Crippen LogP contribution >= 0.6 is 11.8 Å². The molecule has 68 valence electrons. The van der Waals surface area contributed by atoms with Gasteiger partial charge in [0.1, 0.15) is 5.75 Å². The smallest absolute Gasteiger partial charge is 0.126 e. The minimum absolute atomic E-state index is 0.858. The highest BCUT2D eigenvalue weighted by Gasteiger charge is 1.83. The van der Waals surface area contributed by atoms with Crippen molar-refractivity contribution in [2.24, 2.45) is 0 Å². The van der Waals surface area contributed by atoms with Gasteiger partial charge in [-0.15, -0.1) is 11.8 Å². The predicted molar refractivity (Wildman–Crippen MR) is 58.9 cm³/mol. The Morgan fingerprint density at radius 2 is 1.92 bits per heavy atom. The maximum atomic E-state index is 5.31. The first-order valence-electron chi connectivity index (χ1n) is 3.99. The largest absolute Gasteiger partial charge is 0.465 e. The lowest BCUT2D eigenvalue weighted by molar-refractivity contribution is 0.481. The summed E-state index contributed by atoms with van der Waals surface area (Å²) in [5, 5.41) is 1.99. The first-order chi connectivity index (χ1) is 6.43. The van der Waals surface area contributed by atoms with Crippen LogP contribution < -0.4 is 4.74 Å². The second-order valence-electron chi connectivity index (χ2n) is 2.32. The third-order valence-corrected chi connectivity index (χ3v) is 1.78. The number of allylic oxidation sites excluding steroid dienone is 2. The molecule has 1 aromatic carbocycles. The van der Waals surface area contributed by atoms with Crippen molar-refractivity contribution in [2.45, 2.75) is 0 Å². The molecular formula is C11H12OS. The fraction of sp³-hybridized carbons (Fsp3) is 0.0909. The normalized spacial score (nSPS) is 11.2. The van der Waals surface area contributed by atoms with E-state index in [1.165, 1.54) is 0 Å². The van der Waals surface area contributed by atoms with Crippen molar-refractivity contribution >= 4 is 11.8 Å². The highest BCUT2D eigenvalue weighted by molar-refractivity contribution is 8.01. The maximum Gasteiger partial charge on any atom is 0.126 e. The number of benzene rings is 1. The number of ether oxygens (including phenoxy) is 1. The van der Waals surface area contributed by atoms with Gasteiger partial charge in [-0.05, 0) is 29.9 Å². The predicted octanol–water partition coefficient (Wildman–Crippen LogP) is 3.46. The van der Waals surface area contributed by atoms with E-state index in [2.05, 4.69) is 0 Å². The number of rotatable bonds is 4. The third kappa shape index (κ3) is 4.43. The van der Waals surface area contributed by atoms with Crippen molar-refractivity contribution in [3.05, 3.63) is 54.2 Å². The maximum absolute atomic E-state index is 5.31. The lowest BCUT2D eigenvalue weighted by Crippen LogP contribution is -1.78. The Kier molecular flexibility index (Phi) is 4.87. The highest BCUT2D eigenvalue weighted by Crippen LogP contribution is 2.08. The topological polar surface area (TPSA) is 9.23 Å². The van der Waals surface area contributed by atoms with E-state index in [0.717, 1.165) is 5.75 Å². The van der Waals surface area contributed by atoms with Crippen molar-refractivity contribution in [1.82, 2.24) is 0 Å². The zero-order valence-electron chi connectivity index (χ0n) is 7.51. The van der Waals surface area contributed by atoms with Crippen LogP contribution in [-0.4, -0.2) is 6.26 Å². The minimum atomic E-state index is 0.858. The summed E-state index contributed by atoms with van der Waals surface area (Å²) in [6, 6.07) is 9.69. The fourth-order valence-corrected chi connectivity index (χ4v) is 1.03. The molecule has 0 heterocycles. The summed E-state index contributed by atoms with van der Waals surface area (Å²) >= 11 is 1.66. The number of hydrogen-bond acceptors (Lipinski definition) is 2. The first-order valence-corrected chi connectivity index (χ1v) is 5.28. The van der Waals surface area contributed by atoms with Crippen LogP contribution in [-0.2, 0) is 0 Å². The van der Waals surface area contributed by atoms with Gasteiger partial charge in [0.2, 0.25) is 0 Å². The number of thioether (sulfide) groups is 1. The molecule has 13 heavy (non-hydrogen) atoms. The van der Waals surface area contributed by atoms with Crippen LogP contribution in [0.25, 0.3) is 0 Å². The van der Waals surface area contributed by atoms with Gasteiger partial charge in [0.05, 0.1) is 6.26 Å². The molecule has 0 unspecified atom stereocenters. The van der Waals surface area contributed by atoms with Crippen molar-refractivity contribution in [2.75, 3.05) is 6.26 Å². The van der Waals surface area contributed by atoms with E-state index in [1.807, 2.05) is 54.1 Å². The molecule has 0 radical (unpaired) electrons. The van der Waals surface area contributed by atoms with Crippen LogP contribution in [0.4, 0.5) is 0 Å². The molecule has 0 fully saturated rings. The lowest BCUT2D eigenvalue weighted by atomic mass is 10.3. The minimum Gasteiger partial charge on any atom is -0.465 e. The van der Waals surface area contributed by atoms with Crippen LogP contribution in [0.1, 0.15) is 0 Å². The molecule has 0 saturated carbocycles. The second kappa shape index (κ2) is 6.38. The summed E-state index contributed by atoms with van der Waals surface area (Å²) in [4.78, 5) is 0. The Hall–Kier alpha value is -1.15. The monoisotopic (exact) mass is 192 g/mol. The molecule has 1 rings (SSSR count). The zero-order valence-corrected chi connectivity index (χ0v) is 8.33. The Morgan fingerprint density at radius 1 is 1.15 bits per heavy atom. The molecule has 0 aliphatic carbocycles. The molecule has 1 nitrogen and oxygen atoms in total. The lowest BCUT2D eigenvalue weighted by Gasteiger charge is -1.96. The molecular weight excluding hydrogens is 180 g/mol. The molecule has 2 heteroatoms. The highest BCUT2D eigenvalue weighted by atomic mass is 32.2. The molecule has 0 saturated heterocycles. The van der Waals surface area contributed by atoms with Crippen LogP contribution in [0.2, 0.25) is 0 Å². The van der Waals surface area contributed by atoms with Gasteiger partial charge in [0.15, 0.2) is 0 Å². The number of para-hydroxylation sites is 1. The van der Waals surface area contributed by atoms with E-state index < -0.39 is 0 Å². The summed E-state index contributed by atoms with van der Waals surface area (Å²) < 4.78 is 5.31. The SMILES string of the molecule is CS/C=C\C=C\Oc1ccccc1. The summed E-state index contributed by atoms with van der Waals surface area (Å²) in [6.45, 7) is 0. The second-order valence-corrected chi connectivity index (χ2v) is 3.07. The van der Waals surface area contributed by atoms with Gasteiger partial charge in [-0.1, -0.05) is 24.3 Å². The molecule has 0 spiro atoms. The Balaban J connectivity index is 2.35. The molecule has 0 amide bonds. The van der Waals surface area contributed by atoms with Gasteiger partial charge in [-0.3, -0.25) is 0 Å². The fourth-order valence-electron chi connectivity index (χ4n) is 0.786. The van der Waals surface area contributed by atoms with Crippen LogP contribution in [0.15, 0.2) is 54.2 Å². The Morgan fingerprint density at radius 3 is 2.62 bits per heavy atom. The zero-order chi connectivity index (χ0) is 9.36. The van der Waals surface area contributed by atoms with Crippen LogP contribution in [0.5, 0.6) is 5.75 Å². The molecule has 0 aromatic heterocycles. The molecule has 1 aromatic rings. The molecule has 0 aliphatic rings. The summed E-state index contributed by atoms with van der Waals surface area (Å²) in [7, 11) is 0. The molecule has 0 aliphatic heterocycles. The van der Waals surface area contributed by atoms with Gasteiger partial charge in [0.25, 0.3) is 0 Å².